The van der Waals surface area contributed by atoms with Gasteiger partial charge in [0.25, 0.3) is 0 Å². The lowest BCUT2D eigenvalue weighted by molar-refractivity contribution is 0.222. The molecule has 2 unspecified atom stereocenters. The summed E-state index contributed by atoms with van der Waals surface area (Å²) in [6.07, 6.45) is 0.354. The standard InChI is InChI=1S/C18H18O5/c1-2-5-13(6-3-1)23-17-8-4-7-16(21-11-14-9-19-14)18(17)22-12-15-10-20-15/h1-8,14-15H,9-12H2. The molecule has 2 aromatic carbocycles. The van der Waals surface area contributed by atoms with Crippen LogP contribution in [0.4, 0.5) is 0 Å². The summed E-state index contributed by atoms with van der Waals surface area (Å²) in [5, 5.41) is 0. The third-order valence-corrected chi connectivity index (χ3v) is 3.56. The summed E-state index contributed by atoms with van der Waals surface area (Å²) >= 11 is 0. The number of hydrogen-bond donors (Lipinski definition) is 0. The molecule has 0 radical (unpaired) electrons. The topological polar surface area (TPSA) is 52.8 Å². The molecule has 120 valence electrons. The van der Waals surface area contributed by atoms with E-state index in [1.54, 1.807) is 0 Å². The fraction of sp³-hybridized carbons (Fsp3) is 0.333. The summed E-state index contributed by atoms with van der Waals surface area (Å²) in [5.41, 5.74) is 0. The first-order chi connectivity index (χ1) is 11.4. The zero-order valence-electron chi connectivity index (χ0n) is 12.6. The van der Waals surface area contributed by atoms with Gasteiger partial charge in [-0.25, -0.2) is 0 Å². The number of ether oxygens (including phenoxy) is 5. The van der Waals surface area contributed by atoms with E-state index in [2.05, 4.69) is 0 Å². The van der Waals surface area contributed by atoms with Crippen molar-refractivity contribution in [3.05, 3.63) is 48.5 Å². The van der Waals surface area contributed by atoms with Gasteiger partial charge in [0.2, 0.25) is 5.75 Å². The molecule has 0 spiro atoms. The minimum atomic E-state index is 0.166. The van der Waals surface area contributed by atoms with Crippen LogP contribution in [0.5, 0.6) is 23.0 Å². The van der Waals surface area contributed by atoms with Crippen molar-refractivity contribution >= 4 is 0 Å². The van der Waals surface area contributed by atoms with Crippen LogP contribution in [0, 0.1) is 0 Å². The van der Waals surface area contributed by atoms with Crippen LogP contribution in [-0.2, 0) is 9.47 Å². The Morgan fingerprint density at radius 1 is 0.783 bits per heavy atom. The third kappa shape index (κ3) is 3.94. The van der Waals surface area contributed by atoms with Gasteiger partial charge in [-0.1, -0.05) is 24.3 Å². The molecular formula is C18H18O5. The second-order valence-corrected chi connectivity index (χ2v) is 5.53. The van der Waals surface area contributed by atoms with Crippen LogP contribution in [0.15, 0.2) is 48.5 Å². The molecule has 2 atom stereocenters. The summed E-state index contributed by atoms with van der Waals surface area (Å²) in [4.78, 5) is 0. The molecule has 2 saturated heterocycles. The van der Waals surface area contributed by atoms with E-state index >= 15 is 0 Å². The Labute approximate surface area is 134 Å². The van der Waals surface area contributed by atoms with Gasteiger partial charge in [-0.05, 0) is 24.3 Å². The number of rotatable bonds is 8. The highest BCUT2D eigenvalue weighted by Crippen LogP contribution is 2.40. The van der Waals surface area contributed by atoms with Crippen molar-refractivity contribution in [2.45, 2.75) is 12.2 Å². The van der Waals surface area contributed by atoms with Crippen LogP contribution in [0.1, 0.15) is 0 Å². The molecule has 5 nitrogen and oxygen atoms in total. The zero-order chi connectivity index (χ0) is 15.5. The number of epoxide rings is 2. The van der Waals surface area contributed by atoms with E-state index in [1.165, 1.54) is 0 Å². The molecule has 5 heteroatoms. The molecule has 2 aromatic rings. The Bertz CT molecular complexity index is 650. The van der Waals surface area contributed by atoms with Crippen molar-refractivity contribution in [3.63, 3.8) is 0 Å². The van der Waals surface area contributed by atoms with Crippen molar-refractivity contribution in [1.82, 2.24) is 0 Å². The highest BCUT2D eigenvalue weighted by atomic mass is 16.6. The van der Waals surface area contributed by atoms with Crippen molar-refractivity contribution < 1.29 is 23.7 Å². The molecule has 2 aliphatic rings. The summed E-state index contributed by atoms with van der Waals surface area (Å²) in [6.45, 7) is 2.51. The molecule has 2 heterocycles. The maximum Gasteiger partial charge on any atom is 0.204 e. The maximum absolute atomic E-state index is 5.95. The first-order valence-electron chi connectivity index (χ1n) is 7.73. The molecule has 2 fully saturated rings. The van der Waals surface area contributed by atoms with E-state index in [0.29, 0.717) is 30.5 Å². The summed E-state index contributed by atoms with van der Waals surface area (Å²) < 4.78 is 28.1. The number of para-hydroxylation sites is 2. The van der Waals surface area contributed by atoms with Gasteiger partial charge in [0, 0.05) is 0 Å². The Kier molecular flexibility index (Phi) is 4.05. The lowest BCUT2D eigenvalue weighted by atomic mass is 10.3. The third-order valence-electron chi connectivity index (χ3n) is 3.56. The highest BCUT2D eigenvalue weighted by molar-refractivity contribution is 5.52. The molecule has 0 saturated carbocycles. The minimum Gasteiger partial charge on any atom is -0.487 e. The van der Waals surface area contributed by atoms with Gasteiger partial charge in [-0.2, -0.15) is 0 Å². The van der Waals surface area contributed by atoms with Crippen LogP contribution < -0.4 is 14.2 Å². The lowest BCUT2D eigenvalue weighted by Gasteiger charge is -2.16. The van der Waals surface area contributed by atoms with Crippen LogP contribution in [0.3, 0.4) is 0 Å². The quantitative estimate of drug-likeness (QED) is 0.701. The van der Waals surface area contributed by atoms with Crippen molar-refractivity contribution in [3.8, 4) is 23.0 Å². The fourth-order valence-corrected chi connectivity index (χ4v) is 2.14. The molecule has 0 bridgehead atoms. The van der Waals surface area contributed by atoms with Crippen molar-refractivity contribution in [2.75, 3.05) is 26.4 Å². The van der Waals surface area contributed by atoms with Crippen molar-refractivity contribution in [2.24, 2.45) is 0 Å². The monoisotopic (exact) mass is 314 g/mol. The van der Waals surface area contributed by atoms with Gasteiger partial charge in [-0.3, -0.25) is 0 Å². The molecule has 0 N–H and O–H groups in total. The Morgan fingerprint density at radius 3 is 2.13 bits per heavy atom. The molecule has 0 aliphatic carbocycles. The second kappa shape index (κ2) is 6.48. The highest BCUT2D eigenvalue weighted by Gasteiger charge is 2.27. The molecule has 0 aromatic heterocycles. The van der Waals surface area contributed by atoms with Gasteiger partial charge in [0.1, 0.15) is 31.2 Å². The zero-order valence-corrected chi connectivity index (χ0v) is 12.6. The van der Waals surface area contributed by atoms with Gasteiger partial charge in [0.15, 0.2) is 11.5 Å². The second-order valence-electron chi connectivity index (χ2n) is 5.53. The van der Waals surface area contributed by atoms with Crippen LogP contribution >= 0.6 is 0 Å². The summed E-state index contributed by atoms with van der Waals surface area (Å²) in [7, 11) is 0. The maximum atomic E-state index is 5.95. The summed E-state index contributed by atoms with van der Waals surface area (Å²) in [6, 6.07) is 15.3. The minimum absolute atomic E-state index is 0.166. The average molecular weight is 314 g/mol. The Balaban J connectivity index is 1.55. The first-order valence-corrected chi connectivity index (χ1v) is 7.73. The number of hydrogen-bond acceptors (Lipinski definition) is 5. The molecular weight excluding hydrogens is 296 g/mol. The average Bonchev–Trinajstić information content (AvgIpc) is 3.47. The summed E-state index contributed by atoms with van der Waals surface area (Å²) in [5.74, 6) is 2.65. The van der Waals surface area contributed by atoms with E-state index in [4.69, 9.17) is 23.7 Å². The normalized spacial score (nSPS) is 21.6. The van der Waals surface area contributed by atoms with Gasteiger partial charge >= 0.3 is 0 Å². The van der Waals surface area contributed by atoms with Crippen LogP contribution in [0.25, 0.3) is 0 Å². The van der Waals surface area contributed by atoms with Gasteiger partial charge in [-0.15, -0.1) is 0 Å². The van der Waals surface area contributed by atoms with E-state index < -0.39 is 0 Å². The Hall–Kier alpha value is -2.24. The smallest absolute Gasteiger partial charge is 0.204 e. The fourth-order valence-electron chi connectivity index (χ4n) is 2.14. The van der Waals surface area contributed by atoms with Crippen LogP contribution in [-0.4, -0.2) is 38.6 Å². The van der Waals surface area contributed by atoms with E-state index in [9.17, 15) is 0 Å². The van der Waals surface area contributed by atoms with E-state index in [0.717, 1.165) is 19.0 Å². The predicted octanol–water partition coefficient (Wildman–Crippen LogP) is 3.03. The van der Waals surface area contributed by atoms with E-state index in [1.807, 2.05) is 48.5 Å². The molecule has 4 rings (SSSR count). The van der Waals surface area contributed by atoms with Gasteiger partial charge in [0.05, 0.1) is 13.2 Å². The predicted molar refractivity (Wildman–Crippen MR) is 83.4 cm³/mol. The Morgan fingerprint density at radius 2 is 1.43 bits per heavy atom. The number of benzene rings is 2. The van der Waals surface area contributed by atoms with Crippen molar-refractivity contribution in [1.29, 1.82) is 0 Å². The molecule has 0 amide bonds. The molecule has 23 heavy (non-hydrogen) atoms. The molecule has 2 aliphatic heterocycles. The first kappa shape index (κ1) is 14.4. The van der Waals surface area contributed by atoms with Crippen LogP contribution in [0.2, 0.25) is 0 Å². The lowest BCUT2D eigenvalue weighted by Crippen LogP contribution is -2.09. The van der Waals surface area contributed by atoms with Gasteiger partial charge < -0.3 is 23.7 Å². The van der Waals surface area contributed by atoms with E-state index in [-0.39, 0.29) is 12.2 Å². The SMILES string of the molecule is c1ccc(Oc2cccc(OCC3CO3)c2OCC2CO2)cc1. The largest absolute Gasteiger partial charge is 0.487 e.